The molecule has 0 aliphatic heterocycles. The minimum Gasteiger partial charge on any atom is -0.455 e. The Morgan fingerprint density at radius 3 is 1.58 bits per heavy atom. The predicted molar refractivity (Wildman–Crippen MR) is 184 cm³/mol. The van der Waals surface area contributed by atoms with Crippen LogP contribution in [0.15, 0.2) is 156 Å². The first-order valence-corrected chi connectivity index (χ1v) is 15.0. The Bertz CT molecular complexity index is 2460. The molecule has 0 radical (unpaired) electrons. The quantitative estimate of drug-likeness (QED) is 0.196. The molecule has 210 valence electrons. The maximum absolute atomic E-state index is 6.61. The summed E-state index contributed by atoms with van der Waals surface area (Å²) in [5, 5.41) is 7.18. The summed E-state index contributed by atoms with van der Waals surface area (Å²) in [6, 6.07) is 52.1. The van der Waals surface area contributed by atoms with Crippen molar-refractivity contribution in [2.75, 3.05) is 0 Å². The van der Waals surface area contributed by atoms with Gasteiger partial charge in [-0.1, -0.05) is 146 Å². The van der Waals surface area contributed by atoms with Gasteiger partial charge in [-0.15, -0.1) is 0 Å². The Labute approximate surface area is 259 Å². The molecule has 2 aromatic heterocycles. The van der Waals surface area contributed by atoms with Gasteiger partial charge in [0.2, 0.25) is 0 Å². The van der Waals surface area contributed by atoms with Gasteiger partial charge in [-0.3, -0.25) is 0 Å². The number of rotatable bonds is 4. The summed E-state index contributed by atoms with van der Waals surface area (Å²) < 4.78 is 6.61. The van der Waals surface area contributed by atoms with Gasteiger partial charge in [0.1, 0.15) is 11.2 Å². The number of hydrogen-bond acceptors (Lipinski definition) is 4. The third-order valence-electron chi connectivity index (χ3n) is 8.52. The zero-order chi connectivity index (χ0) is 29.7. The number of benzene rings is 7. The van der Waals surface area contributed by atoms with Crippen LogP contribution in [0.3, 0.4) is 0 Å². The lowest BCUT2D eigenvalue weighted by atomic mass is 9.96. The van der Waals surface area contributed by atoms with Crippen LogP contribution in [0.1, 0.15) is 0 Å². The SMILES string of the molecule is c1ccc(-c2nc(-c3ccccc3)nc(-c3ccc(-c4cccc5c4oc4ccc6ccc7ccccc7c6c45)cc3)n2)cc1. The maximum atomic E-state index is 6.61. The number of fused-ring (bicyclic) bond motifs is 7. The molecule has 0 atom stereocenters. The molecule has 4 heteroatoms. The molecule has 9 rings (SSSR count). The van der Waals surface area contributed by atoms with Gasteiger partial charge in [0, 0.05) is 38.4 Å². The lowest BCUT2D eigenvalue weighted by Crippen LogP contribution is -2.00. The van der Waals surface area contributed by atoms with Crippen LogP contribution in [-0.2, 0) is 0 Å². The summed E-state index contributed by atoms with van der Waals surface area (Å²) in [5.74, 6) is 1.93. The van der Waals surface area contributed by atoms with Crippen molar-refractivity contribution in [3.8, 4) is 45.3 Å². The van der Waals surface area contributed by atoms with Crippen LogP contribution >= 0.6 is 0 Å². The third-order valence-corrected chi connectivity index (χ3v) is 8.52. The number of hydrogen-bond donors (Lipinski definition) is 0. The molecule has 0 amide bonds. The highest BCUT2D eigenvalue weighted by atomic mass is 16.3. The average molecular weight is 576 g/mol. The van der Waals surface area contributed by atoms with E-state index in [1.165, 1.54) is 21.5 Å². The summed E-state index contributed by atoms with van der Waals surface area (Å²) in [4.78, 5) is 14.6. The van der Waals surface area contributed by atoms with Crippen molar-refractivity contribution < 1.29 is 4.42 Å². The lowest BCUT2D eigenvalue weighted by Gasteiger charge is -2.09. The largest absolute Gasteiger partial charge is 0.455 e. The van der Waals surface area contributed by atoms with Crippen LogP contribution in [-0.4, -0.2) is 15.0 Å². The normalized spacial score (nSPS) is 11.6. The molecule has 0 bridgehead atoms. The predicted octanol–water partition coefficient (Wildman–Crippen LogP) is 10.7. The van der Waals surface area contributed by atoms with E-state index < -0.39 is 0 Å². The van der Waals surface area contributed by atoms with E-state index in [0.29, 0.717) is 17.5 Å². The fourth-order valence-electron chi connectivity index (χ4n) is 6.35. The van der Waals surface area contributed by atoms with Crippen molar-refractivity contribution in [1.29, 1.82) is 0 Å². The molecule has 4 nitrogen and oxygen atoms in total. The Balaban J connectivity index is 1.18. The molecule has 0 saturated carbocycles. The van der Waals surface area contributed by atoms with Gasteiger partial charge in [0.15, 0.2) is 17.5 Å². The Hall–Kier alpha value is -6.13. The Morgan fingerprint density at radius 1 is 0.356 bits per heavy atom. The molecular weight excluding hydrogens is 550 g/mol. The van der Waals surface area contributed by atoms with Gasteiger partial charge in [0.05, 0.1) is 0 Å². The van der Waals surface area contributed by atoms with E-state index in [9.17, 15) is 0 Å². The van der Waals surface area contributed by atoms with E-state index in [0.717, 1.165) is 49.8 Å². The van der Waals surface area contributed by atoms with Crippen LogP contribution in [0, 0.1) is 0 Å². The van der Waals surface area contributed by atoms with Crippen molar-refractivity contribution in [3.63, 3.8) is 0 Å². The first kappa shape index (κ1) is 25.4. The maximum Gasteiger partial charge on any atom is 0.164 e. The summed E-state index contributed by atoms with van der Waals surface area (Å²) in [7, 11) is 0. The lowest BCUT2D eigenvalue weighted by molar-refractivity contribution is 0.670. The first-order valence-electron chi connectivity index (χ1n) is 15.0. The van der Waals surface area contributed by atoms with Gasteiger partial charge in [-0.25, -0.2) is 15.0 Å². The van der Waals surface area contributed by atoms with Crippen LogP contribution in [0.25, 0.3) is 88.8 Å². The minimum absolute atomic E-state index is 0.634. The van der Waals surface area contributed by atoms with Crippen LogP contribution in [0.2, 0.25) is 0 Å². The number of nitrogens with zero attached hydrogens (tertiary/aromatic N) is 3. The van der Waals surface area contributed by atoms with Gasteiger partial charge in [-0.05, 0) is 27.8 Å². The highest BCUT2D eigenvalue weighted by molar-refractivity contribution is 6.27. The van der Waals surface area contributed by atoms with Crippen LogP contribution in [0.5, 0.6) is 0 Å². The van der Waals surface area contributed by atoms with E-state index in [1.54, 1.807) is 0 Å². The monoisotopic (exact) mass is 575 g/mol. The number of para-hydroxylation sites is 1. The highest BCUT2D eigenvalue weighted by Crippen LogP contribution is 2.41. The van der Waals surface area contributed by atoms with E-state index >= 15 is 0 Å². The van der Waals surface area contributed by atoms with Crippen molar-refractivity contribution in [2.45, 2.75) is 0 Å². The molecule has 0 aliphatic rings. The molecule has 0 fully saturated rings. The Morgan fingerprint density at radius 2 is 0.889 bits per heavy atom. The molecule has 45 heavy (non-hydrogen) atoms. The van der Waals surface area contributed by atoms with E-state index in [1.807, 2.05) is 60.7 Å². The summed E-state index contributed by atoms with van der Waals surface area (Å²) in [6.45, 7) is 0. The molecule has 9 aromatic rings. The topological polar surface area (TPSA) is 51.8 Å². The van der Waals surface area contributed by atoms with Gasteiger partial charge in [-0.2, -0.15) is 0 Å². The number of aromatic nitrogens is 3. The zero-order valence-corrected chi connectivity index (χ0v) is 24.2. The van der Waals surface area contributed by atoms with Crippen molar-refractivity contribution >= 4 is 43.5 Å². The fourth-order valence-corrected chi connectivity index (χ4v) is 6.35. The molecule has 0 unspecified atom stereocenters. The summed E-state index contributed by atoms with van der Waals surface area (Å²) in [5.41, 5.74) is 6.72. The Kier molecular flexibility index (Phi) is 5.78. The van der Waals surface area contributed by atoms with E-state index in [4.69, 9.17) is 19.4 Å². The van der Waals surface area contributed by atoms with Crippen LogP contribution < -0.4 is 0 Å². The summed E-state index contributed by atoms with van der Waals surface area (Å²) >= 11 is 0. The van der Waals surface area contributed by atoms with Gasteiger partial charge >= 0.3 is 0 Å². The standard InChI is InChI=1S/C41H25N3O/c1-3-11-29(12-4-1)39-42-40(30-13-5-2-6-14-30)44-41(43-39)31-22-19-27(20-23-31)33-16-9-17-34-37-35(45-38(33)34)25-24-28-21-18-26-10-7-8-15-32(26)36(28)37/h1-25H. The molecule has 2 heterocycles. The second-order valence-corrected chi connectivity index (χ2v) is 11.2. The van der Waals surface area contributed by atoms with Crippen molar-refractivity contribution in [1.82, 2.24) is 15.0 Å². The minimum atomic E-state index is 0.634. The first-order chi connectivity index (χ1) is 22.3. The average Bonchev–Trinajstić information content (AvgIpc) is 3.51. The molecule has 0 N–H and O–H groups in total. The summed E-state index contributed by atoms with van der Waals surface area (Å²) in [6.07, 6.45) is 0. The van der Waals surface area contributed by atoms with Crippen molar-refractivity contribution in [2.24, 2.45) is 0 Å². The van der Waals surface area contributed by atoms with Crippen molar-refractivity contribution in [3.05, 3.63) is 152 Å². The fraction of sp³-hybridized carbons (Fsp3) is 0. The molecule has 0 spiro atoms. The van der Waals surface area contributed by atoms with E-state index in [2.05, 4.69) is 91.0 Å². The third kappa shape index (κ3) is 4.27. The van der Waals surface area contributed by atoms with Gasteiger partial charge < -0.3 is 4.42 Å². The second-order valence-electron chi connectivity index (χ2n) is 11.2. The molecule has 7 aromatic carbocycles. The molecule has 0 aliphatic carbocycles. The second kappa shape index (κ2) is 10.2. The van der Waals surface area contributed by atoms with Crippen LogP contribution in [0.4, 0.5) is 0 Å². The smallest absolute Gasteiger partial charge is 0.164 e. The molecule has 0 saturated heterocycles. The highest BCUT2D eigenvalue weighted by Gasteiger charge is 2.17. The van der Waals surface area contributed by atoms with E-state index in [-0.39, 0.29) is 0 Å². The van der Waals surface area contributed by atoms with Gasteiger partial charge in [0.25, 0.3) is 0 Å². The number of furan rings is 1. The zero-order valence-electron chi connectivity index (χ0n) is 24.2. The molecular formula is C41H25N3O.